The standard InChI is InChI=1S/C24H34O3/c1-3-23-11-9-18-17-8-6-16(27-2)13-15(17)5-7-19(18)22(23)20-14-21(20)24(23,26)10-4-12-25/h4-5,10,13,17-22,25-26H,3,6-9,11-12,14H2,1-2H3/b10-4-/t17-,18?,19?,20+,21-,22?,23-,24-/m0/s1. The molecule has 3 saturated carbocycles. The van der Waals surface area contributed by atoms with E-state index < -0.39 is 5.60 Å². The van der Waals surface area contributed by atoms with Crippen molar-refractivity contribution in [1.82, 2.24) is 0 Å². The molecule has 0 spiro atoms. The first-order valence-electron chi connectivity index (χ1n) is 11.0. The van der Waals surface area contributed by atoms with Crippen LogP contribution in [-0.2, 0) is 4.74 Å². The molecule has 0 aliphatic heterocycles. The molecule has 5 rings (SSSR count). The number of hydrogen-bond acceptors (Lipinski definition) is 3. The molecule has 0 saturated heterocycles. The Balaban J connectivity index is 1.50. The fourth-order valence-corrected chi connectivity index (χ4v) is 8.14. The second kappa shape index (κ2) is 6.22. The van der Waals surface area contributed by atoms with E-state index in [1.807, 2.05) is 6.08 Å². The third kappa shape index (κ3) is 2.28. The van der Waals surface area contributed by atoms with E-state index in [1.54, 1.807) is 13.2 Å². The minimum atomic E-state index is -0.704. The van der Waals surface area contributed by atoms with E-state index in [-0.39, 0.29) is 12.0 Å². The number of aliphatic hydroxyl groups excluding tert-OH is 1. The van der Waals surface area contributed by atoms with E-state index in [0.717, 1.165) is 36.9 Å². The molecular formula is C24H34O3. The van der Waals surface area contributed by atoms with Gasteiger partial charge >= 0.3 is 0 Å². The van der Waals surface area contributed by atoms with Gasteiger partial charge in [-0.3, -0.25) is 0 Å². The van der Waals surface area contributed by atoms with Crippen LogP contribution in [0.1, 0.15) is 51.9 Å². The highest BCUT2D eigenvalue weighted by atomic mass is 16.5. The van der Waals surface area contributed by atoms with Crippen LogP contribution in [0.5, 0.6) is 0 Å². The Morgan fingerprint density at radius 1 is 1.26 bits per heavy atom. The molecule has 27 heavy (non-hydrogen) atoms. The molecule has 148 valence electrons. The molecule has 0 aromatic carbocycles. The number of ether oxygens (including phenoxy) is 1. The molecule has 3 unspecified atom stereocenters. The maximum Gasteiger partial charge on any atom is 0.0958 e. The molecule has 0 radical (unpaired) electrons. The lowest BCUT2D eigenvalue weighted by Gasteiger charge is -2.57. The normalized spacial score (nSPS) is 50.2. The van der Waals surface area contributed by atoms with Gasteiger partial charge in [0.2, 0.25) is 0 Å². The Bertz CT molecular complexity index is 706. The van der Waals surface area contributed by atoms with Crippen LogP contribution < -0.4 is 0 Å². The summed E-state index contributed by atoms with van der Waals surface area (Å²) in [5.74, 6) is 5.07. The zero-order valence-electron chi connectivity index (χ0n) is 16.7. The predicted octanol–water partition coefficient (Wildman–Crippen LogP) is 4.22. The van der Waals surface area contributed by atoms with Crippen LogP contribution in [0.25, 0.3) is 0 Å². The first kappa shape index (κ1) is 18.0. The van der Waals surface area contributed by atoms with Gasteiger partial charge in [0, 0.05) is 11.8 Å². The topological polar surface area (TPSA) is 49.7 Å². The van der Waals surface area contributed by atoms with Gasteiger partial charge < -0.3 is 14.9 Å². The minimum absolute atomic E-state index is 0.0148. The van der Waals surface area contributed by atoms with E-state index in [0.29, 0.717) is 23.7 Å². The van der Waals surface area contributed by atoms with E-state index in [9.17, 15) is 10.2 Å². The quantitative estimate of drug-likeness (QED) is 0.728. The maximum atomic E-state index is 11.8. The van der Waals surface area contributed by atoms with Gasteiger partial charge in [-0.1, -0.05) is 25.2 Å². The second-order valence-electron chi connectivity index (χ2n) is 9.72. The molecule has 3 nitrogen and oxygen atoms in total. The average Bonchev–Trinajstić information content (AvgIpc) is 3.47. The van der Waals surface area contributed by atoms with Gasteiger partial charge in [0.15, 0.2) is 0 Å². The molecule has 3 fully saturated rings. The Hall–Kier alpha value is -1.06. The zero-order valence-corrected chi connectivity index (χ0v) is 16.7. The van der Waals surface area contributed by atoms with Gasteiger partial charge in [-0.05, 0) is 85.7 Å². The number of allylic oxidation sites excluding steroid dienone is 4. The zero-order chi connectivity index (χ0) is 18.8. The molecule has 5 aliphatic rings. The fourth-order valence-electron chi connectivity index (χ4n) is 8.14. The fraction of sp³-hybridized carbons (Fsp3) is 0.750. The Labute approximate surface area is 163 Å². The molecule has 5 aliphatic carbocycles. The van der Waals surface area contributed by atoms with Crippen molar-refractivity contribution in [3.8, 4) is 0 Å². The number of rotatable bonds is 4. The summed E-state index contributed by atoms with van der Waals surface area (Å²) in [6, 6.07) is 0. The van der Waals surface area contributed by atoms with Crippen molar-refractivity contribution in [3.05, 3.63) is 35.6 Å². The van der Waals surface area contributed by atoms with E-state index >= 15 is 0 Å². The third-order valence-electron chi connectivity index (χ3n) is 9.21. The Morgan fingerprint density at radius 2 is 2.11 bits per heavy atom. The van der Waals surface area contributed by atoms with Crippen molar-refractivity contribution in [3.63, 3.8) is 0 Å². The van der Waals surface area contributed by atoms with Crippen LogP contribution in [0.3, 0.4) is 0 Å². The van der Waals surface area contributed by atoms with E-state index in [4.69, 9.17) is 4.74 Å². The number of hydrogen-bond donors (Lipinski definition) is 2. The summed E-state index contributed by atoms with van der Waals surface area (Å²) in [6.07, 6.45) is 16.6. The molecule has 3 heteroatoms. The lowest BCUT2D eigenvalue weighted by molar-refractivity contribution is -0.121. The van der Waals surface area contributed by atoms with E-state index in [2.05, 4.69) is 19.1 Å². The summed E-state index contributed by atoms with van der Waals surface area (Å²) in [5, 5.41) is 21.2. The SMILES string of the molecule is CC[C@]12CCC3C(CC=C4C=C(OC)CC[C@@H]43)C1[C@@H]1C[C@@H]1[C@@]2(O)/C=C\CO. The summed E-state index contributed by atoms with van der Waals surface area (Å²) in [4.78, 5) is 0. The highest BCUT2D eigenvalue weighted by molar-refractivity contribution is 5.35. The second-order valence-corrected chi connectivity index (χ2v) is 9.72. The summed E-state index contributed by atoms with van der Waals surface area (Å²) in [6.45, 7) is 2.31. The van der Waals surface area contributed by atoms with Gasteiger partial charge in [0.25, 0.3) is 0 Å². The van der Waals surface area contributed by atoms with Gasteiger partial charge in [-0.15, -0.1) is 0 Å². The van der Waals surface area contributed by atoms with Crippen molar-refractivity contribution in [1.29, 1.82) is 0 Å². The highest BCUT2D eigenvalue weighted by Crippen LogP contribution is 2.76. The van der Waals surface area contributed by atoms with Crippen molar-refractivity contribution >= 4 is 0 Å². The Morgan fingerprint density at radius 3 is 2.85 bits per heavy atom. The lowest BCUT2D eigenvalue weighted by atomic mass is 9.48. The Kier molecular flexibility index (Phi) is 4.15. The average molecular weight is 371 g/mol. The lowest BCUT2D eigenvalue weighted by Crippen LogP contribution is -2.55. The summed E-state index contributed by atoms with van der Waals surface area (Å²) >= 11 is 0. The van der Waals surface area contributed by atoms with Crippen LogP contribution in [0.2, 0.25) is 0 Å². The number of fused-ring (bicyclic) bond motifs is 7. The molecule has 2 N–H and O–H groups in total. The molecule has 0 aromatic rings. The molecule has 8 atom stereocenters. The van der Waals surface area contributed by atoms with Gasteiger partial charge in [0.05, 0.1) is 25.1 Å². The first-order chi connectivity index (χ1) is 13.1. The molecule has 0 bridgehead atoms. The first-order valence-corrected chi connectivity index (χ1v) is 11.0. The third-order valence-corrected chi connectivity index (χ3v) is 9.21. The molecule has 0 heterocycles. The molecule has 0 amide bonds. The smallest absolute Gasteiger partial charge is 0.0958 e. The van der Waals surface area contributed by atoms with Crippen LogP contribution in [0.15, 0.2) is 35.6 Å². The van der Waals surface area contributed by atoms with Crippen molar-refractivity contribution < 1.29 is 14.9 Å². The van der Waals surface area contributed by atoms with E-state index in [1.165, 1.54) is 31.3 Å². The van der Waals surface area contributed by atoms with Crippen molar-refractivity contribution in [2.75, 3.05) is 13.7 Å². The van der Waals surface area contributed by atoms with Crippen LogP contribution in [0.4, 0.5) is 0 Å². The summed E-state index contributed by atoms with van der Waals surface area (Å²) < 4.78 is 5.53. The number of aliphatic hydroxyl groups is 2. The summed E-state index contributed by atoms with van der Waals surface area (Å²) in [7, 11) is 1.79. The van der Waals surface area contributed by atoms with Crippen LogP contribution in [-0.4, -0.2) is 29.5 Å². The minimum Gasteiger partial charge on any atom is -0.501 e. The van der Waals surface area contributed by atoms with Gasteiger partial charge in [-0.2, -0.15) is 0 Å². The number of methoxy groups -OCH3 is 1. The largest absolute Gasteiger partial charge is 0.501 e. The molecular weight excluding hydrogens is 336 g/mol. The monoisotopic (exact) mass is 370 g/mol. The van der Waals surface area contributed by atoms with Gasteiger partial charge in [-0.25, -0.2) is 0 Å². The van der Waals surface area contributed by atoms with Crippen molar-refractivity contribution in [2.24, 2.45) is 40.9 Å². The summed E-state index contributed by atoms with van der Waals surface area (Å²) in [5.41, 5.74) is 0.829. The van der Waals surface area contributed by atoms with Crippen LogP contribution >= 0.6 is 0 Å². The van der Waals surface area contributed by atoms with Crippen molar-refractivity contribution in [2.45, 2.75) is 57.5 Å². The predicted molar refractivity (Wildman–Crippen MR) is 106 cm³/mol. The molecule has 0 aromatic heterocycles. The highest BCUT2D eigenvalue weighted by Gasteiger charge is 2.75. The maximum absolute atomic E-state index is 11.8. The van der Waals surface area contributed by atoms with Crippen LogP contribution in [0, 0.1) is 40.9 Å². The van der Waals surface area contributed by atoms with Gasteiger partial charge in [0.1, 0.15) is 0 Å².